The molecule has 1 saturated heterocycles. The van der Waals surface area contributed by atoms with Crippen molar-refractivity contribution in [2.24, 2.45) is 5.92 Å². The molecule has 1 saturated carbocycles. The topological polar surface area (TPSA) is 42.4 Å². The predicted molar refractivity (Wildman–Crippen MR) is 91.6 cm³/mol. The largest absolute Gasteiger partial charge is 0.491 e. The predicted octanol–water partition coefficient (Wildman–Crippen LogP) is 3.22. The Labute approximate surface area is 146 Å². The van der Waals surface area contributed by atoms with Crippen LogP contribution in [-0.2, 0) is 11.2 Å². The number of halogens is 1. The molecule has 2 bridgehead atoms. The van der Waals surface area contributed by atoms with Crippen molar-refractivity contribution in [1.82, 2.24) is 9.88 Å². The number of benzene rings is 1. The zero-order valence-corrected chi connectivity index (χ0v) is 14.0. The second-order valence-corrected chi connectivity index (χ2v) is 6.86. The lowest BCUT2D eigenvalue weighted by molar-refractivity contribution is -0.135. The average Bonchev–Trinajstić information content (AvgIpc) is 3.23. The molecule has 1 aliphatic heterocycles. The Morgan fingerprint density at radius 2 is 2.04 bits per heavy atom. The molecule has 1 aromatic carbocycles. The van der Waals surface area contributed by atoms with Crippen molar-refractivity contribution in [1.29, 1.82) is 0 Å². The van der Waals surface area contributed by atoms with Crippen LogP contribution in [0.5, 0.6) is 5.75 Å². The number of carbonyl (C=O) groups excluding carboxylic acids is 1. The number of hydrogen-bond acceptors (Lipinski definition) is 3. The first-order chi connectivity index (χ1) is 12.2. The van der Waals surface area contributed by atoms with Crippen molar-refractivity contribution in [3.63, 3.8) is 0 Å². The highest BCUT2D eigenvalue weighted by Crippen LogP contribution is 2.42. The summed E-state index contributed by atoms with van der Waals surface area (Å²) in [6.07, 6.45) is 5.33. The second-order valence-electron chi connectivity index (χ2n) is 6.86. The molecule has 1 aromatic heterocycles. The Morgan fingerprint density at radius 1 is 1.20 bits per heavy atom. The monoisotopic (exact) mass is 340 g/mol. The van der Waals surface area contributed by atoms with Crippen LogP contribution in [0.3, 0.4) is 0 Å². The van der Waals surface area contributed by atoms with Crippen LogP contribution in [0.15, 0.2) is 48.7 Å². The summed E-state index contributed by atoms with van der Waals surface area (Å²) in [6.45, 7) is 0.459. The van der Waals surface area contributed by atoms with Crippen LogP contribution in [0.4, 0.5) is 4.39 Å². The number of piperidine rings is 1. The van der Waals surface area contributed by atoms with Crippen molar-refractivity contribution < 1.29 is 13.9 Å². The van der Waals surface area contributed by atoms with Gasteiger partial charge in [0.1, 0.15) is 18.2 Å². The van der Waals surface area contributed by atoms with E-state index in [0.717, 1.165) is 25.0 Å². The van der Waals surface area contributed by atoms with Crippen molar-refractivity contribution in [2.75, 3.05) is 6.61 Å². The number of amides is 1. The minimum Gasteiger partial charge on any atom is -0.491 e. The van der Waals surface area contributed by atoms with Gasteiger partial charge in [-0.1, -0.05) is 6.07 Å². The summed E-state index contributed by atoms with van der Waals surface area (Å²) in [7, 11) is 0. The summed E-state index contributed by atoms with van der Waals surface area (Å²) in [4.78, 5) is 19.1. The Balaban J connectivity index is 1.44. The number of nitrogens with zero attached hydrogens (tertiary/aromatic N) is 2. The molecule has 0 radical (unpaired) electrons. The Bertz CT molecular complexity index is 735. The molecule has 1 aliphatic carbocycles. The van der Waals surface area contributed by atoms with Gasteiger partial charge in [0.05, 0.1) is 12.5 Å². The van der Waals surface area contributed by atoms with Gasteiger partial charge in [-0.2, -0.15) is 0 Å². The molecule has 2 heterocycles. The number of pyridine rings is 1. The molecule has 0 unspecified atom stereocenters. The van der Waals surface area contributed by atoms with E-state index in [1.54, 1.807) is 18.3 Å². The molecular formula is C20H21FN2O2. The van der Waals surface area contributed by atoms with Crippen LogP contribution in [-0.4, -0.2) is 34.5 Å². The summed E-state index contributed by atoms with van der Waals surface area (Å²) < 4.78 is 18.9. The van der Waals surface area contributed by atoms with E-state index in [9.17, 15) is 9.18 Å². The van der Waals surface area contributed by atoms with Gasteiger partial charge in [-0.25, -0.2) is 4.39 Å². The van der Waals surface area contributed by atoms with E-state index in [2.05, 4.69) is 4.98 Å². The number of fused-ring (bicyclic) bond motifs is 2. The molecule has 5 heteroatoms. The number of carbonyl (C=O) groups is 1. The fourth-order valence-electron chi connectivity index (χ4n) is 4.16. The fraction of sp³-hybridized carbons (Fsp3) is 0.400. The molecule has 2 aliphatic rings. The Kier molecular flexibility index (Phi) is 4.38. The Morgan fingerprint density at radius 3 is 2.80 bits per heavy atom. The molecule has 0 spiro atoms. The molecule has 4 rings (SSSR count). The first-order valence-electron chi connectivity index (χ1n) is 8.80. The molecule has 2 aromatic rings. The number of rotatable bonds is 5. The van der Waals surface area contributed by atoms with E-state index in [1.807, 2.05) is 23.1 Å². The lowest BCUT2D eigenvalue weighted by Crippen LogP contribution is -2.48. The van der Waals surface area contributed by atoms with Gasteiger partial charge in [-0.3, -0.25) is 9.78 Å². The zero-order valence-electron chi connectivity index (χ0n) is 14.0. The third-order valence-electron chi connectivity index (χ3n) is 5.32. The van der Waals surface area contributed by atoms with Gasteiger partial charge in [0.15, 0.2) is 0 Å². The van der Waals surface area contributed by atoms with E-state index < -0.39 is 0 Å². The highest BCUT2D eigenvalue weighted by molar-refractivity contribution is 5.79. The van der Waals surface area contributed by atoms with E-state index in [1.165, 1.54) is 12.1 Å². The molecule has 4 nitrogen and oxygen atoms in total. The highest BCUT2D eigenvalue weighted by Gasteiger charge is 2.48. The van der Waals surface area contributed by atoms with E-state index in [4.69, 9.17) is 4.74 Å². The minimum atomic E-state index is -0.278. The molecular weight excluding hydrogens is 319 g/mol. The maximum atomic E-state index is 13.0. The van der Waals surface area contributed by atoms with Gasteiger partial charge in [0.2, 0.25) is 5.91 Å². The van der Waals surface area contributed by atoms with Crippen molar-refractivity contribution >= 4 is 5.91 Å². The van der Waals surface area contributed by atoms with Crippen molar-refractivity contribution in [2.45, 2.75) is 37.8 Å². The van der Waals surface area contributed by atoms with Crippen LogP contribution in [0.2, 0.25) is 0 Å². The third kappa shape index (κ3) is 3.36. The lowest BCUT2D eigenvalue weighted by atomic mass is 9.99. The SMILES string of the molecule is O=C(Cc1ccccn1)N1[C@@H]2CC[C@@H](C2)[C@@H]1COc1ccc(F)cc1. The number of ether oxygens (including phenoxy) is 1. The number of aromatic nitrogens is 1. The van der Waals surface area contributed by atoms with Crippen molar-refractivity contribution in [3.05, 3.63) is 60.2 Å². The smallest absolute Gasteiger partial charge is 0.229 e. The second kappa shape index (κ2) is 6.82. The summed E-state index contributed by atoms with van der Waals surface area (Å²) >= 11 is 0. The molecule has 25 heavy (non-hydrogen) atoms. The standard InChI is InChI=1S/C20H21FN2O2/c21-15-5-8-18(9-6-15)25-13-19-14-4-7-17(11-14)23(19)20(24)12-16-3-1-2-10-22-16/h1-3,5-6,8-10,14,17,19H,4,7,11-13H2/t14-,17+,19-/m0/s1. The zero-order chi connectivity index (χ0) is 17.2. The minimum absolute atomic E-state index is 0.0972. The normalized spacial score (nSPS) is 24.5. The van der Waals surface area contributed by atoms with Gasteiger partial charge in [0, 0.05) is 17.9 Å². The summed E-state index contributed by atoms with van der Waals surface area (Å²) in [5.41, 5.74) is 0.800. The van der Waals surface area contributed by atoms with E-state index in [-0.39, 0.29) is 17.8 Å². The van der Waals surface area contributed by atoms with Crippen LogP contribution in [0, 0.1) is 11.7 Å². The summed E-state index contributed by atoms with van der Waals surface area (Å²) in [5, 5.41) is 0. The quantitative estimate of drug-likeness (QED) is 0.839. The van der Waals surface area contributed by atoms with E-state index >= 15 is 0 Å². The van der Waals surface area contributed by atoms with Crippen LogP contribution in [0.1, 0.15) is 25.0 Å². The van der Waals surface area contributed by atoms with Gasteiger partial charge in [-0.05, 0) is 61.6 Å². The Hall–Kier alpha value is -2.43. The maximum Gasteiger partial charge on any atom is 0.229 e. The lowest BCUT2D eigenvalue weighted by Gasteiger charge is -2.35. The number of likely N-dealkylation sites (tertiary alicyclic amines) is 1. The van der Waals surface area contributed by atoms with Crippen LogP contribution < -0.4 is 4.74 Å². The third-order valence-corrected chi connectivity index (χ3v) is 5.32. The molecule has 130 valence electrons. The molecule has 0 N–H and O–H groups in total. The first kappa shape index (κ1) is 16.1. The maximum absolute atomic E-state index is 13.0. The summed E-state index contributed by atoms with van der Waals surface area (Å²) in [5.74, 6) is 0.984. The average molecular weight is 340 g/mol. The van der Waals surface area contributed by atoms with Gasteiger partial charge in [0.25, 0.3) is 0 Å². The van der Waals surface area contributed by atoms with Gasteiger partial charge >= 0.3 is 0 Å². The molecule has 3 atom stereocenters. The summed E-state index contributed by atoms with van der Waals surface area (Å²) in [6, 6.07) is 12.1. The van der Waals surface area contributed by atoms with Crippen molar-refractivity contribution in [3.8, 4) is 5.75 Å². The van der Waals surface area contributed by atoms with Crippen LogP contribution >= 0.6 is 0 Å². The van der Waals surface area contributed by atoms with Crippen LogP contribution in [0.25, 0.3) is 0 Å². The fourth-order valence-corrected chi connectivity index (χ4v) is 4.16. The molecule has 2 fully saturated rings. The highest BCUT2D eigenvalue weighted by atomic mass is 19.1. The van der Waals surface area contributed by atoms with E-state index in [0.29, 0.717) is 30.7 Å². The molecule has 1 amide bonds. The van der Waals surface area contributed by atoms with Gasteiger partial charge < -0.3 is 9.64 Å². The first-order valence-corrected chi connectivity index (χ1v) is 8.80. The van der Waals surface area contributed by atoms with Gasteiger partial charge in [-0.15, -0.1) is 0 Å². The number of hydrogen-bond donors (Lipinski definition) is 0.